The van der Waals surface area contributed by atoms with Crippen LogP contribution in [0.25, 0.3) is 10.8 Å². The van der Waals surface area contributed by atoms with Gasteiger partial charge in [0.2, 0.25) is 0 Å². The predicted molar refractivity (Wildman–Crippen MR) is 77.7 cm³/mol. The zero-order valence-electron chi connectivity index (χ0n) is 10.9. The minimum Gasteiger partial charge on any atom is -0.393 e. The van der Waals surface area contributed by atoms with Crippen LogP contribution in [0.15, 0.2) is 54.6 Å². The minimum absolute atomic E-state index is 0.275. The van der Waals surface area contributed by atoms with Gasteiger partial charge < -0.3 is 5.11 Å². The third-order valence-electron chi connectivity index (χ3n) is 3.19. The highest BCUT2D eigenvalue weighted by Crippen LogP contribution is 2.18. The van der Waals surface area contributed by atoms with Crippen molar-refractivity contribution in [3.8, 4) is 0 Å². The van der Waals surface area contributed by atoms with Gasteiger partial charge in [-0.25, -0.2) is 0 Å². The molecule has 0 radical (unpaired) electrons. The molecule has 18 heavy (non-hydrogen) atoms. The Morgan fingerprint density at radius 2 is 1.89 bits per heavy atom. The minimum atomic E-state index is -0.275. The first-order valence-corrected chi connectivity index (χ1v) is 6.45. The van der Waals surface area contributed by atoms with E-state index >= 15 is 0 Å². The van der Waals surface area contributed by atoms with Crippen molar-refractivity contribution in [3.05, 3.63) is 60.2 Å². The highest BCUT2D eigenvalue weighted by atomic mass is 16.3. The summed E-state index contributed by atoms with van der Waals surface area (Å²) in [5.41, 5.74) is 2.33. The Morgan fingerprint density at radius 1 is 1.17 bits per heavy atom. The molecule has 0 saturated heterocycles. The molecule has 0 saturated carbocycles. The summed E-state index contributed by atoms with van der Waals surface area (Å²) in [7, 11) is 0. The Hall–Kier alpha value is -1.60. The molecular weight excluding hydrogens is 220 g/mol. The number of aliphatic hydroxyl groups excluding tert-OH is 1. The van der Waals surface area contributed by atoms with Gasteiger partial charge in [-0.1, -0.05) is 48.0 Å². The lowest BCUT2D eigenvalue weighted by Gasteiger charge is -2.11. The van der Waals surface area contributed by atoms with Crippen LogP contribution in [0.4, 0.5) is 0 Å². The summed E-state index contributed by atoms with van der Waals surface area (Å²) in [5.74, 6) is 0. The predicted octanol–water partition coefficient (Wildman–Crippen LogP) is 4.10. The molecule has 2 rings (SSSR count). The van der Waals surface area contributed by atoms with E-state index in [-0.39, 0.29) is 6.10 Å². The van der Waals surface area contributed by atoms with Crippen molar-refractivity contribution >= 4 is 10.8 Å². The van der Waals surface area contributed by atoms with Crippen molar-refractivity contribution in [2.75, 3.05) is 0 Å². The lowest BCUT2D eigenvalue weighted by Crippen LogP contribution is -2.10. The summed E-state index contributed by atoms with van der Waals surface area (Å²) >= 11 is 0. The lowest BCUT2D eigenvalue weighted by molar-refractivity contribution is 0.165. The highest BCUT2D eigenvalue weighted by Gasteiger charge is 2.06. The lowest BCUT2D eigenvalue weighted by atomic mass is 10.00. The van der Waals surface area contributed by atoms with E-state index in [0.29, 0.717) is 0 Å². The van der Waals surface area contributed by atoms with E-state index in [1.807, 2.05) is 19.1 Å². The monoisotopic (exact) mass is 240 g/mol. The fourth-order valence-corrected chi connectivity index (χ4v) is 2.15. The molecule has 0 aliphatic heterocycles. The first-order chi connectivity index (χ1) is 8.65. The molecule has 0 aliphatic rings. The Bertz CT molecular complexity index is 542. The van der Waals surface area contributed by atoms with Crippen LogP contribution >= 0.6 is 0 Å². The van der Waals surface area contributed by atoms with E-state index in [9.17, 15) is 5.11 Å². The third-order valence-corrected chi connectivity index (χ3v) is 3.19. The van der Waals surface area contributed by atoms with Crippen LogP contribution in [-0.2, 0) is 6.42 Å². The first kappa shape index (κ1) is 12.8. The first-order valence-electron chi connectivity index (χ1n) is 6.45. The number of hydrogen-bond acceptors (Lipinski definition) is 1. The molecular formula is C17H20O. The normalized spacial score (nSPS) is 12.6. The fourth-order valence-electron chi connectivity index (χ4n) is 2.15. The van der Waals surface area contributed by atoms with Crippen LogP contribution in [0, 0.1) is 0 Å². The Morgan fingerprint density at radius 3 is 2.61 bits per heavy atom. The fraction of sp³-hybridized carbons (Fsp3) is 0.294. The van der Waals surface area contributed by atoms with Crippen LogP contribution in [0.1, 0.15) is 25.3 Å². The van der Waals surface area contributed by atoms with Crippen molar-refractivity contribution in [1.29, 1.82) is 0 Å². The van der Waals surface area contributed by atoms with Gasteiger partial charge >= 0.3 is 0 Å². The van der Waals surface area contributed by atoms with Gasteiger partial charge in [-0.05, 0) is 42.5 Å². The molecule has 0 bridgehead atoms. The SMILES string of the molecule is C=C(C)CCC(O)Cc1ccc2ccccc2c1. The van der Waals surface area contributed by atoms with Crippen molar-refractivity contribution in [2.24, 2.45) is 0 Å². The molecule has 1 nitrogen and oxygen atoms in total. The van der Waals surface area contributed by atoms with Gasteiger partial charge in [0.15, 0.2) is 0 Å². The summed E-state index contributed by atoms with van der Waals surface area (Å²) in [6.45, 7) is 5.87. The van der Waals surface area contributed by atoms with E-state index in [2.05, 4.69) is 36.9 Å². The molecule has 1 atom stereocenters. The maximum atomic E-state index is 9.98. The largest absolute Gasteiger partial charge is 0.393 e. The molecule has 0 amide bonds. The molecule has 0 heterocycles. The van der Waals surface area contributed by atoms with Crippen LogP contribution in [0.2, 0.25) is 0 Å². The Labute approximate surface area is 109 Å². The quantitative estimate of drug-likeness (QED) is 0.780. The molecule has 0 aliphatic carbocycles. The molecule has 1 unspecified atom stereocenters. The molecule has 1 heteroatoms. The summed E-state index contributed by atoms with van der Waals surface area (Å²) in [4.78, 5) is 0. The summed E-state index contributed by atoms with van der Waals surface area (Å²) < 4.78 is 0. The molecule has 0 fully saturated rings. The number of benzene rings is 2. The van der Waals surface area contributed by atoms with Crippen molar-refractivity contribution < 1.29 is 5.11 Å². The third kappa shape index (κ3) is 3.44. The second-order valence-electron chi connectivity index (χ2n) is 5.04. The number of aliphatic hydroxyl groups is 1. The highest BCUT2D eigenvalue weighted by molar-refractivity contribution is 5.82. The number of fused-ring (bicyclic) bond motifs is 1. The van der Waals surface area contributed by atoms with E-state index in [0.717, 1.165) is 24.8 Å². The maximum absolute atomic E-state index is 9.98. The van der Waals surface area contributed by atoms with E-state index < -0.39 is 0 Å². The van der Waals surface area contributed by atoms with Gasteiger partial charge in [0, 0.05) is 0 Å². The second kappa shape index (κ2) is 5.83. The zero-order valence-corrected chi connectivity index (χ0v) is 10.9. The standard InChI is InChI=1S/C17H20O/c1-13(2)7-10-17(18)12-14-8-9-15-5-3-4-6-16(15)11-14/h3-6,8-9,11,17-18H,1,7,10,12H2,2H3. The van der Waals surface area contributed by atoms with Gasteiger partial charge in [-0.3, -0.25) is 0 Å². The van der Waals surface area contributed by atoms with E-state index in [4.69, 9.17) is 0 Å². The number of hydrogen-bond donors (Lipinski definition) is 1. The van der Waals surface area contributed by atoms with Gasteiger partial charge in [0.1, 0.15) is 0 Å². The average Bonchev–Trinajstić information content (AvgIpc) is 2.36. The van der Waals surface area contributed by atoms with Crippen molar-refractivity contribution in [2.45, 2.75) is 32.3 Å². The summed E-state index contributed by atoms with van der Waals surface area (Å²) in [6.07, 6.45) is 2.14. The summed E-state index contributed by atoms with van der Waals surface area (Å²) in [6, 6.07) is 14.7. The topological polar surface area (TPSA) is 20.2 Å². The van der Waals surface area contributed by atoms with Gasteiger partial charge in [0.25, 0.3) is 0 Å². The van der Waals surface area contributed by atoms with E-state index in [1.165, 1.54) is 16.3 Å². The number of rotatable bonds is 5. The van der Waals surface area contributed by atoms with Crippen LogP contribution in [0.3, 0.4) is 0 Å². The summed E-state index contributed by atoms with van der Waals surface area (Å²) in [5, 5.41) is 12.5. The smallest absolute Gasteiger partial charge is 0.0583 e. The van der Waals surface area contributed by atoms with Gasteiger partial charge in [-0.2, -0.15) is 0 Å². The van der Waals surface area contributed by atoms with Crippen LogP contribution in [0.5, 0.6) is 0 Å². The Balaban J connectivity index is 2.05. The van der Waals surface area contributed by atoms with Crippen molar-refractivity contribution in [1.82, 2.24) is 0 Å². The second-order valence-corrected chi connectivity index (χ2v) is 5.04. The average molecular weight is 240 g/mol. The Kier molecular flexibility index (Phi) is 4.16. The maximum Gasteiger partial charge on any atom is 0.0583 e. The van der Waals surface area contributed by atoms with Gasteiger partial charge in [-0.15, -0.1) is 6.58 Å². The zero-order chi connectivity index (χ0) is 13.0. The molecule has 94 valence electrons. The molecule has 0 aromatic heterocycles. The molecule has 2 aromatic rings. The number of allylic oxidation sites excluding steroid dienone is 1. The van der Waals surface area contributed by atoms with Crippen LogP contribution in [-0.4, -0.2) is 11.2 Å². The van der Waals surface area contributed by atoms with Crippen molar-refractivity contribution in [3.63, 3.8) is 0 Å². The molecule has 2 aromatic carbocycles. The van der Waals surface area contributed by atoms with Crippen LogP contribution < -0.4 is 0 Å². The molecule has 1 N–H and O–H groups in total. The van der Waals surface area contributed by atoms with E-state index in [1.54, 1.807) is 0 Å². The molecule has 0 spiro atoms. The van der Waals surface area contributed by atoms with Gasteiger partial charge in [0.05, 0.1) is 6.10 Å².